The summed E-state index contributed by atoms with van der Waals surface area (Å²) < 4.78 is 2.43. The van der Waals surface area contributed by atoms with Gasteiger partial charge in [0.15, 0.2) is 5.69 Å². The second kappa shape index (κ2) is 5.16. The Kier molecular flexibility index (Phi) is 3.49. The molecule has 1 unspecified atom stereocenters. The highest BCUT2D eigenvalue weighted by Gasteiger charge is 2.33. The van der Waals surface area contributed by atoms with Gasteiger partial charge in [-0.05, 0) is 23.9 Å². The number of likely N-dealkylation sites (tertiary alicyclic amines) is 1. The van der Waals surface area contributed by atoms with E-state index in [0.717, 1.165) is 17.4 Å². The monoisotopic (exact) mass is 312 g/mol. The SMILES string of the molecule is CC(c1csc(Cl)c1)N1CC(n2cc(C(=O)O)nn2)C1. The van der Waals surface area contributed by atoms with Gasteiger partial charge in [0.2, 0.25) is 0 Å². The van der Waals surface area contributed by atoms with Crippen molar-refractivity contribution in [3.05, 3.63) is 33.2 Å². The molecule has 0 amide bonds. The molecule has 0 spiro atoms. The highest BCUT2D eigenvalue weighted by Crippen LogP contribution is 2.33. The fourth-order valence-corrected chi connectivity index (χ4v) is 3.26. The van der Waals surface area contributed by atoms with Gasteiger partial charge in [0.05, 0.1) is 16.6 Å². The molecule has 0 bridgehead atoms. The first-order valence-corrected chi connectivity index (χ1v) is 7.43. The molecule has 1 N–H and O–H groups in total. The van der Waals surface area contributed by atoms with Crippen molar-refractivity contribution in [3.63, 3.8) is 0 Å². The molecule has 3 heterocycles. The van der Waals surface area contributed by atoms with E-state index in [1.54, 1.807) is 4.68 Å². The third-order valence-corrected chi connectivity index (χ3v) is 4.72. The average Bonchev–Trinajstić information content (AvgIpc) is 2.96. The zero-order valence-electron chi connectivity index (χ0n) is 10.7. The molecule has 1 aliphatic rings. The molecule has 1 fully saturated rings. The zero-order valence-corrected chi connectivity index (χ0v) is 12.3. The summed E-state index contributed by atoms with van der Waals surface area (Å²) in [4.78, 5) is 13.1. The number of aromatic nitrogens is 3. The average molecular weight is 313 g/mol. The van der Waals surface area contributed by atoms with Crippen LogP contribution in [0.15, 0.2) is 17.6 Å². The molecule has 3 rings (SSSR count). The molecule has 106 valence electrons. The van der Waals surface area contributed by atoms with Crippen LogP contribution in [0.1, 0.15) is 35.1 Å². The molecule has 0 aliphatic carbocycles. The first kappa shape index (κ1) is 13.5. The summed E-state index contributed by atoms with van der Waals surface area (Å²) in [6, 6.07) is 2.48. The number of carbonyl (C=O) groups is 1. The topological polar surface area (TPSA) is 71.2 Å². The van der Waals surface area contributed by atoms with Crippen molar-refractivity contribution in [2.24, 2.45) is 0 Å². The molecule has 0 radical (unpaired) electrons. The van der Waals surface area contributed by atoms with Crippen molar-refractivity contribution in [3.8, 4) is 0 Å². The van der Waals surface area contributed by atoms with Gasteiger partial charge in [0, 0.05) is 19.1 Å². The van der Waals surface area contributed by atoms with Crippen LogP contribution >= 0.6 is 22.9 Å². The van der Waals surface area contributed by atoms with E-state index in [-0.39, 0.29) is 11.7 Å². The fraction of sp³-hybridized carbons (Fsp3) is 0.417. The summed E-state index contributed by atoms with van der Waals surface area (Å²) in [7, 11) is 0. The molecule has 1 aliphatic heterocycles. The number of carboxylic acids is 1. The van der Waals surface area contributed by atoms with Gasteiger partial charge in [-0.1, -0.05) is 16.8 Å². The molecular weight excluding hydrogens is 300 g/mol. The van der Waals surface area contributed by atoms with Gasteiger partial charge in [0.25, 0.3) is 0 Å². The van der Waals surface area contributed by atoms with Gasteiger partial charge >= 0.3 is 5.97 Å². The lowest BCUT2D eigenvalue weighted by molar-refractivity contribution is 0.0587. The van der Waals surface area contributed by atoms with Crippen LogP contribution in [-0.4, -0.2) is 44.1 Å². The first-order chi connectivity index (χ1) is 9.54. The van der Waals surface area contributed by atoms with Crippen LogP contribution in [0.4, 0.5) is 0 Å². The van der Waals surface area contributed by atoms with Crippen LogP contribution in [0.2, 0.25) is 4.34 Å². The van der Waals surface area contributed by atoms with Gasteiger partial charge < -0.3 is 5.11 Å². The summed E-state index contributed by atoms with van der Waals surface area (Å²) in [5, 5.41) is 18.4. The van der Waals surface area contributed by atoms with Gasteiger partial charge in [0.1, 0.15) is 0 Å². The van der Waals surface area contributed by atoms with E-state index in [1.165, 1.54) is 23.1 Å². The Morgan fingerprint density at radius 2 is 2.35 bits per heavy atom. The third kappa shape index (κ3) is 2.44. The summed E-state index contributed by atoms with van der Waals surface area (Å²) in [5.74, 6) is -1.05. The quantitative estimate of drug-likeness (QED) is 0.938. The number of thiophene rings is 1. The van der Waals surface area contributed by atoms with Crippen molar-refractivity contribution in [1.82, 2.24) is 19.9 Å². The van der Waals surface area contributed by atoms with Crippen molar-refractivity contribution in [2.75, 3.05) is 13.1 Å². The van der Waals surface area contributed by atoms with Crippen LogP contribution in [0, 0.1) is 0 Å². The molecule has 0 aromatic carbocycles. The number of hydrogen-bond donors (Lipinski definition) is 1. The predicted octanol–water partition coefficient (Wildman–Crippen LogP) is 2.31. The highest BCUT2D eigenvalue weighted by atomic mass is 35.5. The summed E-state index contributed by atoms with van der Waals surface area (Å²) in [6.45, 7) is 3.80. The van der Waals surface area contributed by atoms with Gasteiger partial charge in [-0.3, -0.25) is 4.90 Å². The van der Waals surface area contributed by atoms with Crippen molar-refractivity contribution < 1.29 is 9.90 Å². The molecule has 20 heavy (non-hydrogen) atoms. The first-order valence-electron chi connectivity index (χ1n) is 6.17. The largest absolute Gasteiger partial charge is 0.476 e. The zero-order chi connectivity index (χ0) is 14.3. The van der Waals surface area contributed by atoms with Crippen LogP contribution in [0.3, 0.4) is 0 Å². The molecule has 8 heteroatoms. The highest BCUT2D eigenvalue weighted by molar-refractivity contribution is 7.14. The van der Waals surface area contributed by atoms with Crippen LogP contribution < -0.4 is 0 Å². The Labute approximate surface area is 124 Å². The van der Waals surface area contributed by atoms with Crippen LogP contribution in [0.25, 0.3) is 0 Å². The van der Waals surface area contributed by atoms with E-state index < -0.39 is 5.97 Å². The lowest BCUT2D eigenvalue weighted by Crippen LogP contribution is -2.48. The van der Waals surface area contributed by atoms with Gasteiger partial charge in [-0.25, -0.2) is 9.48 Å². The Morgan fingerprint density at radius 3 is 2.90 bits per heavy atom. The Hall–Kier alpha value is -1.44. The maximum atomic E-state index is 10.8. The molecule has 6 nitrogen and oxygen atoms in total. The lowest BCUT2D eigenvalue weighted by atomic mass is 10.0. The minimum absolute atomic E-state index is 0.0129. The van der Waals surface area contributed by atoms with E-state index in [2.05, 4.69) is 27.5 Å². The van der Waals surface area contributed by atoms with E-state index >= 15 is 0 Å². The number of rotatable bonds is 4. The second-order valence-electron chi connectivity index (χ2n) is 4.86. The molecular formula is C12H13ClN4O2S. The number of aromatic carboxylic acids is 1. The summed E-state index contributed by atoms with van der Waals surface area (Å²) in [5.41, 5.74) is 1.20. The number of carboxylic acid groups (broad SMARTS) is 1. The van der Waals surface area contributed by atoms with E-state index in [1.807, 2.05) is 6.07 Å². The van der Waals surface area contributed by atoms with Crippen molar-refractivity contribution in [2.45, 2.75) is 19.0 Å². The minimum atomic E-state index is -1.05. The summed E-state index contributed by atoms with van der Waals surface area (Å²) >= 11 is 7.48. The van der Waals surface area contributed by atoms with E-state index in [4.69, 9.17) is 16.7 Å². The molecule has 0 saturated carbocycles. The molecule has 1 atom stereocenters. The maximum absolute atomic E-state index is 10.8. The second-order valence-corrected chi connectivity index (χ2v) is 6.40. The van der Waals surface area contributed by atoms with E-state index in [0.29, 0.717) is 6.04 Å². The normalized spacial score (nSPS) is 17.9. The molecule has 1 saturated heterocycles. The Morgan fingerprint density at radius 1 is 1.60 bits per heavy atom. The van der Waals surface area contributed by atoms with Crippen LogP contribution in [0.5, 0.6) is 0 Å². The molecule has 2 aromatic heterocycles. The van der Waals surface area contributed by atoms with Crippen molar-refractivity contribution >= 4 is 28.9 Å². The van der Waals surface area contributed by atoms with Crippen LogP contribution in [-0.2, 0) is 0 Å². The number of halogens is 1. The number of nitrogens with zero attached hydrogens (tertiary/aromatic N) is 4. The summed E-state index contributed by atoms with van der Waals surface area (Å²) in [6.07, 6.45) is 1.48. The smallest absolute Gasteiger partial charge is 0.358 e. The maximum Gasteiger partial charge on any atom is 0.358 e. The van der Waals surface area contributed by atoms with Gasteiger partial charge in [-0.15, -0.1) is 16.4 Å². The Bertz CT molecular complexity index is 635. The Balaban J connectivity index is 1.61. The molecule has 2 aromatic rings. The van der Waals surface area contributed by atoms with Crippen molar-refractivity contribution in [1.29, 1.82) is 0 Å². The number of hydrogen-bond acceptors (Lipinski definition) is 5. The third-order valence-electron chi connectivity index (χ3n) is 3.61. The predicted molar refractivity (Wildman–Crippen MR) is 75.3 cm³/mol. The standard InChI is InChI=1S/C12H13ClN4O2S/c1-7(8-2-11(13)20-6-8)16-3-9(4-16)17-5-10(12(18)19)14-15-17/h2,5-7,9H,3-4H2,1H3,(H,18,19). The van der Waals surface area contributed by atoms with E-state index in [9.17, 15) is 4.79 Å². The lowest BCUT2D eigenvalue weighted by Gasteiger charge is -2.42. The fourth-order valence-electron chi connectivity index (χ4n) is 2.28. The minimum Gasteiger partial charge on any atom is -0.476 e. The van der Waals surface area contributed by atoms with Gasteiger partial charge in [-0.2, -0.15) is 0 Å².